The molecule has 3 heterocycles. The first-order chi connectivity index (χ1) is 12.2. The summed E-state index contributed by atoms with van der Waals surface area (Å²) in [5.41, 5.74) is 1.09. The topological polar surface area (TPSA) is 73.1 Å². The van der Waals surface area contributed by atoms with Crippen LogP contribution in [0.2, 0.25) is 0 Å². The van der Waals surface area contributed by atoms with Crippen LogP contribution in [0.3, 0.4) is 0 Å². The Hall–Kier alpha value is -2.44. The molecule has 2 aliphatic rings. The summed E-state index contributed by atoms with van der Waals surface area (Å²) in [6, 6.07) is 3.59. The highest BCUT2D eigenvalue weighted by Gasteiger charge is 2.26. The molecule has 2 fully saturated rings. The van der Waals surface area contributed by atoms with Crippen molar-refractivity contribution in [2.45, 2.75) is 31.6 Å². The van der Waals surface area contributed by atoms with E-state index in [9.17, 15) is 4.79 Å². The number of hydrogen-bond acceptors (Lipinski definition) is 6. The fourth-order valence-electron chi connectivity index (χ4n) is 3.19. The van der Waals surface area contributed by atoms with Crippen molar-refractivity contribution in [3.63, 3.8) is 0 Å². The average Bonchev–Trinajstić information content (AvgIpc) is 3.48. The zero-order valence-electron chi connectivity index (χ0n) is 14.5. The van der Waals surface area contributed by atoms with Crippen molar-refractivity contribution < 1.29 is 4.74 Å². The van der Waals surface area contributed by atoms with Crippen LogP contribution in [0.1, 0.15) is 37.3 Å². The molecule has 7 heteroatoms. The van der Waals surface area contributed by atoms with E-state index in [2.05, 4.69) is 19.9 Å². The van der Waals surface area contributed by atoms with E-state index in [-0.39, 0.29) is 5.56 Å². The number of anilines is 1. The van der Waals surface area contributed by atoms with Crippen LogP contribution in [0.25, 0.3) is 0 Å². The lowest BCUT2D eigenvalue weighted by Gasteiger charge is -2.32. The van der Waals surface area contributed by atoms with Crippen molar-refractivity contribution in [3.8, 4) is 5.88 Å². The highest BCUT2D eigenvalue weighted by Crippen LogP contribution is 2.39. The average molecular weight is 341 g/mol. The minimum absolute atomic E-state index is 0.0225. The van der Waals surface area contributed by atoms with Crippen LogP contribution < -0.4 is 15.2 Å². The molecule has 0 bridgehead atoms. The summed E-state index contributed by atoms with van der Waals surface area (Å²) >= 11 is 0. The van der Waals surface area contributed by atoms with Gasteiger partial charge in [0.1, 0.15) is 12.1 Å². The second-order valence-corrected chi connectivity index (χ2v) is 6.99. The van der Waals surface area contributed by atoms with Gasteiger partial charge in [0.25, 0.3) is 5.56 Å². The zero-order chi connectivity index (χ0) is 17.2. The number of rotatable bonds is 5. The molecule has 2 aromatic heterocycles. The van der Waals surface area contributed by atoms with E-state index >= 15 is 0 Å². The van der Waals surface area contributed by atoms with Crippen LogP contribution in [0.5, 0.6) is 5.88 Å². The van der Waals surface area contributed by atoms with Crippen molar-refractivity contribution in [2.75, 3.05) is 24.6 Å². The first-order valence-electron chi connectivity index (χ1n) is 8.91. The Labute approximate surface area is 146 Å². The van der Waals surface area contributed by atoms with Gasteiger partial charge in [-0.25, -0.2) is 15.0 Å². The van der Waals surface area contributed by atoms with Crippen LogP contribution in [0.15, 0.2) is 29.6 Å². The van der Waals surface area contributed by atoms with Gasteiger partial charge >= 0.3 is 0 Å². The molecule has 0 radical (unpaired) electrons. The molecule has 1 saturated carbocycles. The van der Waals surface area contributed by atoms with Crippen molar-refractivity contribution in [1.82, 2.24) is 19.5 Å². The van der Waals surface area contributed by atoms with Gasteiger partial charge in [0.2, 0.25) is 5.88 Å². The molecule has 0 amide bonds. The maximum Gasteiger partial charge on any atom is 0.255 e. The number of hydrogen-bond donors (Lipinski definition) is 0. The van der Waals surface area contributed by atoms with E-state index in [0.29, 0.717) is 24.3 Å². The molecule has 7 nitrogen and oxygen atoms in total. The largest absolute Gasteiger partial charge is 0.477 e. The standard InChI is InChI=1S/C18H23N5O2/c1-22-12-21-16(9-18(22)24)23-6-4-13(5-7-23)10-25-17-8-15(14-2-3-14)19-11-20-17/h8-9,11-14H,2-7,10H2,1H3. The minimum atomic E-state index is -0.0225. The summed E-state index contributed by atoms with van der Waals surface area (Å²) < 4.78 is 7.39. The van der Waals surface area contributed by atoms with Gasteiger partial charge in [-0.05, 0) is 31.6 Å². The number of nitrogens with zero attached hydrogens (tertiary/aromatic N) is 5. The molecule has 2 aromatic rings. The van der Waals surface area contributed by atoms with E-state index in [1.807, 2.05) is 6.07 Å². The molecule has 0 unspecified atom stereocenters. The lowest BCUT2D eigenvalue weighted by Crippen LogP contribution is -2.37. The first-order valence-corrected chi connectivity index (χ1v) is 8.91. The number of ether oxygens (including phenoxy) is 1. The highest BCUT2D eigenvalue weighted by molar-refractivity contribution is 5.37. The van der Waals surface area contributed by atoms with Gasteiger partial charge in [0, 0.05) is 38.2 Å². The molecule has 1 saturated heterocycles. The Morgan fingerprint density at radius 2 is 1.92 bits per heavy atom. The molecule has 25 heavy (non-hydrogen) atoms. The predicted molar refractivity (Wildman–Crippen MR) is 93.9 cm³/mol. The molecule has 0 atom stereocenters. The Kier molecular flexibility index (Phi) is 4.38. The maximum absolute atomic E-state index is 11.8. The van der Waals surface area contributed by atoms with Gasteiger partial charge in [-0.1, -0.05) is 0 Å². The molecule has 0 spiro atoms. The van der Waals surface area contributed by atoms with E-state index in [1.54, 1.807) is 25.8 Å². The Morgan fingerprint density at radius 1 is 1.12 bits per heavy atom. The Morgan fingerprint density at radius 3 is 2.64 bits per heavy atom. The molecule has 0 N–H and O–H groups in total. The monoisotopic (exact) mass is 341 g/mol. The fourth-order valence-corrected chi connectivity index (χ4v) is 3.19. The van der Waals surface area contributed by atoms with E-state index in [0.717, 1.165) is 37.4 Å². The van der Waals surface area contributed by atoms with Crippen LogP contribution in [0.4, 0.5) is 5.82 Å². The van der Waals surface area contributed by atoms with Crippen molar-refractivity contribution in [3.05, 3.63) is 40.8 Å². The smallest absolute Gasteiger partial charge is 0.255 e. The summed E-state index contributed by atoms with van der Waals surface area (Å²) in [5.74, 6) is 2.57. The molecule has 0 aromatic carbocycles. The van der Waals surface area contributed by atoms with Crippen molar-refractivity contribution >= 4 is 5.82 Å². The van der Waals surface area contributed by atoms with Crippen LogP contribution in [-0.2, 0) is 7.05 Å². The van der Waals surface area contributed by atoms with Gasteiger partial charge in [-0.3, -0.25) is 4.79 Å². The van der Waals surface area contributed by atoms with Gasteiger partial charge in [-0.2, -0.15) is 0 Å². The van der Waals surface area contributed by atoms with Gasteiger partial charge in [0.05, 0.1) is 18.6 Å². The summed E-state index contributed by atoms with van der Waals surface area (Å²) in [5, 5.41) is 0. The second kappa shape index (κ2) is 6.82. The summed E-state index contributed by atoms with van der Waals surface area (Å²) in [6.07, 6.45) is 7.69. The lowest BCUT2D eigenvalue weighted by atomic mass is 9.98. The Bertz CT molecular complexity index is 794. The quantitative estimate of drug-likeness (QED) is 0.825. The van der Waals surface area contributed by atoms with E-state index in [1.165, 1.54) is 17.4 Å². The molecule has 1 aliphatic carbocycles. The third-order valence-electron chi connectivity index (χ3n) is 5.03. The zero-order valence-corrected chi connectivity index (χ0v) is 14.5. The number of aromatic nitrogens is 4. The SMILES string of the molecule is Cn1cnc(N2CCC(COc3cc(C4CC4)ncn3)CC2)cc1=O. The van der Waals surface area contributed by atoms with Gasteiger partial charge < -0.3 is 14.2 Å². The van der Waals surface area contributed by atoms with Crippen LogP contribution in [-0.4, -0.2) is 39.2 Å². The second-order valence-electron chi connectivity index (χ2n) is 6.99. The van der Waals surface area contributed by atoms with E-state index < -0.39 is 0 Å². The molecule has 1 aliphatic heterocycles. The molecular weight excluding hydrogens is 318 g/mol. The van der Waals surface area contributed by atoms with E-state index in [4.69, 9.17) is 4.74 Å². The van der Waals surface area contributed by atoms with Gasteiger partial charge in [0.15, 0.2) is 0 Å². The van der Waals surface area contributed by atoms with Gasteiger partial charge in [-0.15, -0.1) is 0 Å². The normalized spacial score (nSPS) is 18.4. The van der Waals surface area contributed by atoms with Crippen LogP contribution >= 0.6 is 0 Å². The highest BCUT2D eigenvalue weighted by atomic mass is 16.5. The Balaban J connectivity index is 1.29. The number of piperidine rings is 1. The summed E-state index contributed by atoms with van der Waals surface area (Å²) in [6.45, 7) is 2.47. The van der Waals surface area contributed by atoms with Crippen molar-refractivity contribution in [1.29, 1.82) is 0 Å². The maximum atomic E-state index is 11.8. The third kappa shape index (κ3) is 3.81. The summed E-state index contributed by atoms with van der Waals surface area (Å²) in [7, 11) is 1.71. The summed E-state index contributed by atoms with van der Waals surface area (Å²) in [4.78, 5) is 26.8. The van der Waals surface area contributed by atoms with Crippen molar-refractivity contribution in [2.24, 2.45) is 13.0 Å². The molecular formula is C18H23N5O2. The third-order valence-corrected chi connectivity index (χ3v) is 5.03. The molecule has 132 valence electrons. The first kappa shape index (κ1) is 16.1. The minimum Gasteiger partial charge on any atom is -0.477 e. The van der Waals surface area contributed by atoms with Crippen LogP contribution in [0, 0.1) is 5.92 Å². The molecule has 4 rings (SSSR count). The predicted octanol–water partition coefficient (Wildman–Crippen LogP) is 1.74. The number of aryl methyl sites for hydroxylation is 1. The lowest BCUT2D eigenvalue weighted by molar-refractivity contribution is 0.215. The fraction of sp³-hybridized carbons (Fsp3) is 0.556.